The molecule has 1 aliphatic rings. The zero-order valence-corrected chi connectivity index (χ0v) is 11.9. The molecule has 0 spiro atoms. The standard InChI is InChI=1S/C13H24N2O4/c1-13(2,3)19-12(18)15-7-4-5-10(6-8-15)14-9-11(16)17/h10,14H,4-9H2,1-3H3,(H,16,17). The van der Waals surface area contributed by atoms with Crippen LogP contribution < -0.4 is 5.32 Å². The highest BCUT2D eigenvalue weighted by molar-refractivity contribution is 5.69. The lowest BCUT2D eigenvalue weighted by atomic mass is 10.1. The maximum atomic E-state index is 11.9. The van der Waals surface area contributed by atoms with Gasteiger partial charge in [0.1, 0.15) is 5.60 Å². The molecule has 2 N–H and O–H groups in total. The molecule has 0 bridgehead atoms. The molecule has 1 aliphatic heterocycles. The predicted molar refractivity (Wildman–Crippen MR) is 71.1 cm³/mol. The molecule has 1 fully saturated rings. The third-order valence-electron chi connectivity index (χ3n) is 2.92. The lowest BCUT2D eigenvalue weighted by Gasteiger charge is -2.26. The van der Waals surface area contributed by atoms with Gasteiger partial charge in [-0.15, -0.1) is 0 Å². The maximum Gasteiger partial charge on any atom is 0.410 e. The number of carbonyl (C=O) groups excluding carboxylic acids is 1. The Labute approximate surface area is 114 Å². The minimum absolute atomic E-state index is 0.0307. The van der Waals surface area contributed by atoms with Gasteiger partial charge in [-0.25, -0.2) is 4.79 Å². The quantitative estimate of drug-likeness (QED) is 0.813. The fraction of sp³-hybridized carbons (Fsp3) is 0.846. The number of hydrogen-bond donors (Lipinski definition) is 2. The Morgan fingerprint density at radius 2 is 2.00 bits per heavy atom. The van der Waals surface area contributed by atoms with E-state index < -0.39 is 11.6 Å². The second-order valence-corrected chi connectivity index (χ2v) is 5.87. The van der Waals surface area contributed by atoms with Crippen LogP contribution in [-0.4, -0.2) is 53.3 Å². The average molecular weight is 272 g/mol. The highest BCUT2D eigenvalue weighted by Crippen LogP contribution is 2.15. The van der Waals surface area contributed by atoms with Gasteiger partial charge in [0.2, 0.25) is 0 Å². The molecule has 1 saturated heterocycles. The van der Waals surface area contributed by atoms with E-state index in [4.69, 9.17) is 9.84 Å². The molecular formula is C13H24N2O4. The van der Waals surface area contributed by atoms with Crippen LogP contribution in [0.25, 0.3) is 0 Å². The average Bonchev–Trinajstić information content (AvgIpc) is 2.49. The van der Waals surface area contributed by atoms with E-state index in [9.17, 15) is 9.59 Å². The summed E-state index contributed by atoms with van der Waals surface area (Å²) in [5, 5.41) is 11.6. The minimum atomic E-state index is -0.853. The molecule has 0 aromatic heterocycles. The highest BCUT2D eigenvalue weighted by Gasteiger charge is 2.25. The molecule has 1 heterocycles. The number of carboxylic acids is 1. The summed E-state index contributed by atoms with van der Waals surface area (Å²) in [5.74, 6) is -0.853. The number of carbonyl (C=O) groups is 2. The largest absolute Gasteiger partial charge is 0.480 e. The van der Waals surface area contributed by atoms with E-state index >= 15 is 0 Å². The number of carboxylic acid groups (broad SMARTS) is 1. The van der Waals surface area contributed by atoms with Crippen molar-refractivity contribution >= 4 is 12.1 Å². The van der Waals surface area contributed by atoms with Gasteiger partial charge in [-0.1, -0.05) is 0 Å². The van der Waals surface area contributed by atoms with Crippen LogP contribution in [0.5, 0.6) is 0 Å². The van der Waals surface area contributed by atoms with Crippen LogP contribution in [0, 0.1) is 0 Å². The van der Waals surface area contributed by atoms with Crippen LogP contribution in [0.1, 0.15) is 40.0 Å². The summed E-state index contributed by atoms with van der Waals surface area (Å²) in [6.45, 7) is 6.78. The summed E-state index contributed by atoms with van der Waals surface area (Å²) in [5.41, 5.74) is -0.482. The first-order chi connectivity index (χ1) is 8.78. The van der Waals surface area contributed by atoms with E-state index in [1.54, 1.807) is 4.90 Å². The summed E-state index contributed by atoms with van der Waals surface area (Å²) in [7, 11) is 0. The first kappa shape index (κ1) is 15.8. The summed E-state index contributed by atoms with van der Waals surface area (Å²) in [4.78, 5) is 24.1. The fourth-order valence-electron chi connectivity index (χ4n) is 2.04. The van der Waals surface area contributed by atoms with Gasteiger partial charge in [0.25, 0.3) is 0 Å². The van der Waals surface area contributed by atoms with Crippen molar-refractivity contribution in [2.45, 2.75) is 51.7 Å². The summed E-state index contributed by atoms with van der Waals surface area (Å²) in [6, 6.07) is 0.156. The molecule has 0 radical (unpaired) electrons. The van der Waals surface area contributed by atoms with E-state index in [-0.39, 0.29) is 18.7 Å². The first-order valence-electron chi connectivity index (χ1n) is 6.71. The number of hydrogen-bond acceptors (Lipinski definition) is 4. The lowest BCUT2D eigenvalue weighted by Crippen LogP contribution is -2.38. The van der Waals surface area contributed by atoms with E-state index in [0.717, 1.165) is 19.3 Å². The molecular weight excluding hydrogens is 248 g/mol. The van der Waals surface area contributed by atoms with Gasteiger partial charge in [0.15, 0.2) is 0 Å². The van der Waals surface area contributed by atoms with Crippen LogP contribution >= 0.6 is 0 Å². The highest BCUT2D eigenvalue weighted by atomic mass is 16.6. The monoisotopic (exact) mass is 272 g/mol. The topological polar surface area (TPSA) is 78.9 Å². The van der Waals surface area contributed by atoms with Gasteiger partial charge >= 0.3 is 12.1 Å². The second kappa shape index (κ2) is 6.75. The molecule has 1 amide bonds. The fourth-order valence-corrected chi connectivity index (χ4v) is 2.04. The van der Waals surface area contributed by atoms with Crippen molar-refractivity contribution in [2.24, 2.45) is 0 Å². The van der Waals surface area contributed by atoms with Crippen LogP contribution in [0.15, 0.2) is 0 Å². The molecule has 0 aromatic carbocycles. The third-order valence-corrected chi connectivity index (χ3v) is 2.92. The van der Waals surface area contributed by atoms with E-state index in [0.29, 0.717) is 13.1 Å². The SMILES string of the molecule is CC(C)(C)OC(=O)N1CCCC(NCC(=O)O)CC1. The smallest absolute Gasteiger partial charge is 0.410 e. The van der Waals surface area contributed by atoms with E-state index in [2.05, 4.69) is 5.32 Å². The van der Waals surface area contributed by atoms with Crippen molar-refractivity contribution in [3.8, 4) is 0 Å². The van der Waals surface area contributed by atoms with Crippen molar-refractivity contribution < 1.29 is 19.4 Å². The van der Waals surface area contributed by atoms with Gasteiger partial charge < -0.3 is 20.1 Å². The molecule has 6 nitrogen and oxygen atoms in total. The van der Waals surface area contributed by atoms with Crippen molar-refractivity contribution in [2.75, 3.05) is 19.6 Å². The molecule has 0 saturated carbocycles. The normalized spacial score (nSPS) is 20.8. The Balaban J connectivity index is 2.41. The maximum absolute atomic E-state index is 11.9. The number of nitrogens with zero attached hydrogens (tertiary/aromatic N) is 1. The van der Waals surface area contributed by atoms with Crippen LogP contribution in [0.2, 0.25) is 0 Å². The molecule has 1 atom stereocenters. The molecule has 1 rings (SSSR count). The first-order valence-corrected chi connectivity index (χ1v) is 6.71. The van der Waals surface area contributed by atoms with Crippen molar-refractivity contribution in [1.82, 2.24) is 10.2 Å². The summed E-state index contributed by atoms with van der Waals surface area (Å²) < 4.78 is 5.34. The number of nitrogens with one attached hydrogen (secondary N) is 1. The van der Waals surface area contributed by atoms with Crippen LogP contribution in [0.4, 0.5) is 4.79 Å². The Morgan fingerprint density at radius 3 is 2.58 bits per heavy atom. The van der Waals surface area contributed by atoms with Crippen molar-refractivity contribution in [1.29, 1.82) is 0 Å². The van der Waals surface area contributed by atoms with E-state index in [1.165, 1.54) is 0 Å². The zero-order chi connectivity index (χ0) is 14.5. The number of rotatable bonds is 3. The van der Waals surface area contributed by atoms with Crippen LogP contribution in [-0.2, 0) is 9.53 Å². The number of ether oxygens (including phenoxy) is 1. The molecule has 6 heteroatoms. The minimum Gasteiger partial charge on any atom is -0.480 e. The molecule has 0 aliphatic carbocycles. The van der Waals surface area contributed by atoms with Crippen LogP contribution in [0.3, 0.4) is 0 Å². The Kier molecular flexibility index (Phi) is 5.60. The molecule has 110 valence electrons. The Bertz CT molecular complexity index is 325. The van der Waals surface area contributed by atoms with Gasteiger partial charge in [0, 0.05) is 19.1 Å². The number of amides is 1. The van der Waals surface area contributed by atoms with Gasteiger partial charge in [0.05, 0.1) is 6.54 Å². The van der Waals surface area contributed by atoms with Gasteiger partial charge in [-0.3, -0.25) is 4.79 Å². The summed E-state index contributed by atoms with van der Waals surface area (Å²) in [6.07, 6.45) is 2.21. The van der Waals surface area contributed by atoms with Crippen molar-refractivity contribution in [3.05, 3.63) is 0 Å². The predicted octanol–water partition coefficient (Wildman–Crippen LogP) is 1.45. The molecule has 19 heavy (non-hydrogen) atoms. The Hall–Kier alpha value is -1.30. The number of likely N-dealkylation sites (tertiary alicyclic amines) is 1. The summed E-state index contributed by atoms with van der Waals surface area (Å²) >= 11 is 0. The number of aliphatic carboxylic acids is 1. The van der Waals surface area contributed by atoms with Gasteiger partial charge in [-0.2, -0.15) is 0 Å². The molecule has 0 aromatic rings. The lowest BCUT2D eigenvalue weighted by molar-refractivity contribution is -0.136. The second-order valence-electron chi connectivity index (χ2n) is 5.87. The van der Waals surface area contributed by atoms with Crippen molar-refractivity contribution in [3.63, 3.8) is 0 Å². The van der Waals surface area contributed by atoms with Gasteiger partial charge in [-0.05, 0) is 40.0 Å². The third kappa shape index (κ3) is 6.42. The zero-order valence-electron chi connectivity index (χ0n) is 11.9. The molecule has 1 unspecified atom stereocenters. The van der Waals surface area contributed by atoms with E-state index in [1.807, 2.05) is 20.8 Å². The Morgan fingerprint density at radius 1 is 1.32 bits per heavy atom.